The average molecular weight is 368 g/mol. The molecule has 27 heavy (non-hydrogen) atoms. The summed E-state index contributed by atoms with van der Waals surface area (Å²) in [5.41, 5.74) is 2.15. The molecular weight excluding hydrogens is 344 g/mol. The Morgan fingerprint density at radius 1 is 1.37 bits per heavy atom. The van der Waals surface area contributed by atoms with Crippen LogP contribution in [0.3, 0.4) is 0 Å². The zero-order valence-electron chi connectivity index (χ0n) is 15.7. The maximum absolute atomic E-state index is 12.8. The predicted octanol–water partition coefficient (Wildman–Crippen LogP) is 1.84. The number of imidazole rings is 1. The predicted molar refractivity (Wildman–Crippen MR) is 100 cm³/mol. The Balaban J connectivity index is 1.55. The number of aryl methyl sites for hydroxylation is 3. The van der Waals surface area contributed by atoms with E-state index in [1.54, 1.807) is 12.3 Å². The van der Waals surface area contributed by atoms with E-state index >= 15 is 0 Å². The molecule has 1 fully saturated rings. The van der Waals surface area contributed by atoms with Crippen LogP contribution in [0.2, 0.25) is 0 Å². The van der Waals surface area contributed by atoms with E-state index in [4.69, 9.17) is 0 Å². The standard InChI is InChI=1S/C19H24N6O2/c1-3-14-11-19(27)25-17(21-14)12-15(22-25)16-5-4-8-24(16)18(26)6-9-23-10-7-20-13(23)2/h7,10-12,16,22H,3-6,8-9H2,1-2H3/t16-/m0/s1. The minimum absolute atomic E-state index is 0.0347. The van der Waals surface area contributed by atoms with Crippen molar-refractivity contribution in [2.24, 2.45) is 0 Å². The van der Waals surface area contributed by atoms with Crippen molar-refractivity contribution in [1.82, 2.24) is 29.0 Å². The van der Waals surface area contributed by atoms with Crippen molar-refractivity contribution < 1.29 is 4.79 Å². The normalized spacial score (nSPS) is 17.1. The smallest absolute Gasteiger partial charge is 0.272 e. The summed E-state index contributed by atoms with van der Waals surface area (Å²) in [5.74, 6) is 1.03. The number of aromatic nitrogens is 5. The summed E-state index contributed by atoms with van der Waals surface area (Å²) in [6, 6.07) is 3.42. The van der Waals surface area contributed by atoms with Crippen molar-refractivity contribution in [2.75, 3.05) is 6.54 Å². The number of fused-ring (bicyclic) bond motifs is 1. The van der Waals surface area contributed by atoms with Crippen LogP contribution >= 0.6 is 0 Å². The summed E-state index contributed by atoms with van der Waals surface area (Å²) in [5, 5.41) is 3.15. The van der Waals surface area contributed by atoms with Gasteiger partial charge in [-0.1, -0.05) is 6.92 Å². The van der Waals surface area contributed by atoms with Gasteiger partial charge in [0.25, 0.3) is 5.56 Å². The van der Waals surface area contributed by atoms with Gasteiger partial charge in [0.1, 0.15) is 5.82 Å². The van der Waals surface area contributed by atoms with Crippen LogP contribution in [0.5, 0.6) is 0 Å². The van der Waals surface area contributed by atoms with E-state index in [0.29, 0.717) is 25.0 Å². The molecule has 3 aromatic heterocycles. The molecule has 1 atom stereocenters. The largest absolute Gasteiger partial charge is 0.335 e. The van der Waals surface area contributed by atoms with Crippen LogP contribution in [0.1, 0.15) is 49.4 Å². The van der Waals surface area contributed by atoms with E-state index in [1.165, 1.54) is 4.52 Å². The molecule has 3 aromatic rings. The van der Waals surface area contributed by atoms with Crippen LogP contribution in [0, 0.1) is 6.92 Å². The van der Waals surface area contributed by atoms with Crippen molar-refractivity contribution in [3.63, 3.8) is 0 Å². The summed E-state index contributed by atoms with van der Waals surface area (Å²) < 4.78 is 3.45. The fourth-order valence-corrected chi connectivity index (χ4v) is 3.80. The molecule has 0 radical (unpaired) electrons. The van der Waals surface area contributed by atoms with Crippen molar-refractivity contribution in [1.29, 1.82) is 0 Å². The molecule has 0 saturated carbocycles. The fraction of sp³-hybridized carbons (Fsp3) is 0.474. The number of carbonyl (C=O) groups is 1. The van der Waals surface area contributed by atoms with Gasteiger partial charge in [0.05, 0.1) is 11.7 Å². The van der Waals surface area contributed by atoms with Gasteiger partial charge in [-0.25, -0.2) is 14.5 Å². The Morgan fingerprint density at radius 3 is 2.96 bits per heavy atom. The minimum Gasteiger partial charge on any atom is -0.335 e. The summed E-state index contributed by atoms with van der Waals surface area (Å²) in [4.78, 5) is 35.7. The van der Waals surface area contributed by atoms with Crippen molar-refractivity contribution >= 4 is 11.6 Å². The monoisotopic (exact) mass is 368 g/mol. The van der Waals surface area contributed by atoms with Crippen molar-refractivity contribution in [3.05, 3.63) is 52.1 Å². The molecule has 0 spiro atoms. The molecule has 0 aromatic carbocycles. The number of hydrogen-bond acceptors (Lipinski definition) is 4. The maximum Gasteiger partial charge on any atom is 0.272 e. The third-order valence-electron chi connectivity index (χ3n) is 5.31. The van der Waals surface area contributed by atoms with Crippen LogP contribution < -0.4 is 5.56 Å². The lowest BCUT2D eigenvalue weighted by Gasteiger charge is -2.24. The van der Waals surface area contributed by atoms with Gasteiger partial charge in [-0.15, -0.1) is 0 Å². The van der Waals surface area contributed by atoms with Gasteiger partial charge < -0.3 is 9.47 Å². The first-order valence-corrected chi connectivity index (χ1v) is 9.45. The molecule has 142 valence electrons. The second kappa shape index (κ2) is 7.02. The van der Waals surface area contributed by atoms with Crippen molar-refractivity contribution in [2.45, 2.75) is 52.1 Å². The molecule has 8 heteroatoms. The van der Waals surface area contributed by atoms with E-state index in [-0.39, 0.29) is 17.5 Å². The van der Waals surface area contributed by atoms with Crippen LogP contribution in [-0.2, 0) is 17.8 Å². The van der Waals surface area contributed by atoms with Gasteiger partial charge >= 0.3 is 0 Å². The molecule has 0 aliphatic carbocycles. The number of carbonyl (C=O) groups excluding carboxylic acids is 1. The molecule has 1 saturated heterocycles. The van der Waals surface area contributed by atoms with E-state index in [2.05, 4.69) is 15.1 Å². The highest BCUT2D eigenvalue weighted by atomic mass is 16.2. The van der Waals surface area contributed by atoms with Gasteiger partial charge in [-0.05, 0) is 26.2 Å². The van der Waals surface area contributed by atoms with E-state index in [0.717, 1.165) is 36.6 Å². The molecule has 1 aliphatic rings. The first kappa shape index (κ1) is 17.5. The van der Waals surface area contributed by atoms with E-state index in [1.807, 2.05) is 35.6 Å². The van der Waals surface area contributed by atoms with Gasteiger partial charge in [0.2, 0.25) is 5.91 Å². The number of nitrogens with one attached hydrogen (secondary N) is 1. The fourth-order valence-electron chi connectivity index (χ4n) is 3.80. The SMILES string of the molecule is CCc1cc(=O)n2[nH]c([C@@H]3CCCN3C(=O)CCn3ccnc3C)cc2n1. The molecule has 1 aliphatic heterocycles. The lowest BCUT2D eigenvalue weighted by Crippen LogP contribution is -2.31. The Labute approximate surface area is 156 Å². The Bertz CT molecular complexity index is 1030. The van der Waals surface area contributed by atoms with Crippen LogP contribution in [0.15, 0.2) is 29.3 Å². The van der Waals surface area contributed by atoms with Gasteiger partial charge in [0.15, 0.2) is 5.65 Å². The summed E-state index contributed by atoms with van der Waals surface area (Å²) >= 11 is 0. The van der Waals surface area contributed by atoms with Crippen LogP contribution in [0.25, 0.3) is 5.65 Å². The molecule has 4 rings (SSSR count). The second-order valence-corrected chi connectivity index (χ2v) is 7.01. The quantitative estimate of drug-likeness (QED) is 0.744. The summed E-state index contributed by atoms with van der Waals surface area (Å²) in [7, 11) is 0. The van der Waals surface area contributed by atoms with E-state index < -0.39 is 0 Å². The lowest BCUT2D eigenvalue weighted by molar-refractivity contribution is -0.132. The average Bonchev–Trinajstić information content (AvgIpc) is 3.38. The third kappa shape index (κ3) is 3.27. The molecule has 4 heterocycles. The zero-order valence-corrected chi connectivity index (χ0v) is 15.7. The van der Waals surface area contributed by atoms with Gasteiger partial charge in [0, 0.05) is 49.7 Å². The first-order valence-electron chi connectivity index (χ1n) is 9.45. The number of aromatic amines is 1. The maximum atomic E-state index is 12.8. The summed E-state index contributed by atoms with van der Waals surface area (Å²) in [6.07, 6.45) is 6.64. The molecule has 8 nitrogen and oxygen atoms in total. The van der Waals surface area contributed by atoms with E-state index in [9.17, 15) is 9.59 Å². The van der Waals surface area contributed by atoms with Crippen LogP contribution in [0.4, 0.5) is 0 Å². The third-order valence-corrected chi connectivity index (χ3v) is 5.31. The van der Waals surface area contributed by atoms with Crippen molar-refractivity contribution in [3.8, 4) is 0 Å². The topological polar surface area (TPSA) is 88.3 Å². The molecule has 0 bridgehead atoms. The number of nitrogens with zero attached hydrogens (tertiary/aromatic N) is 5. The first-order chi connectivity index (χ1) is 13.1. The number of hydrogen-bond donors (Lipinski definition) is 1. The Kier molecular flexibility index (Phi) is 4.55. The highest BCUT2D eigenvalue weighted by Crippen LogP contribution is 2.32. The Hall–Kier alpha value is -2.90. The molecule has 1 amide bonds. The molecule has 1 N–H and O–H groups in total. The molecule has 0 unspecified atom stereocenters. The number of H-pyrrole nitrogens is 1. The van der Waals surface area contributed by atoms with Crippen LogP contribution in [-0.4, -0.2) is 41.5 Å². The van der Waals surface area contributed by atoms with Gasteiger partial charge in [-0.2, -0.15) is 0 Å². The highest BCUT2D eigenvalue weighted by molar-refractivity contribution is 5.77. The summed E-state index contributed by atoms with van der Waals surface area (Å²) in [6.45, 7) is 5.28. The lowest BCUT2D eigenvalue weighted by atomic mass is 10.1. The Morgan fingerprint density at radius 2 is 2.22 bits per heavy atom. The molecular formula is C19H24N6O2. The number of likely N-dealkylation sites (tertiary alicyclic amines) is 1. The zero-order chi connectivity index (χ0) is 19.0. The number of rotatable bonds is 5. The number of amides is 1. The second-order valence-electron chi connectivity index (χ2n) is 7.01. The minimum atomic E-state index is -0.116. The highest BCUT2D eigenvalue weighted by Gasteiger charge is 2.31. The van der Waals surface area contributed by atoms with Gasteiger partial charge in [-0.3, -0.25) is 14.7 Å².